The molecule has 0 fully saturated rings. The molecule has 0 aliphatic rings. The highest BCUT2D eigenvalue weighted by Gasteiger charge is 2.09. The third-order valence-electron chi connectivity index (χ3n) is 3.10. The molecule has 2 rings (SSSR count). The Bertz CT molecular complexity index is 571. The summed E-state index contributed by atoms with van der Waals surface area (Å²) in [6.07, 6.45) is 0. The standard InChI is InChI=1S/C14H17N3S/c1-8-6-5-7-12(13(8)15)18-14-16-10(3)9(2)11(4)17-14/h5-7H,15H2,1-4H3. The third kappa shape index (κ3) is 2.48. The molecule has 0 spiro atoms. The van der Waals surface area contributed by atoms with E-state index >= 15 is 0 Å². The maximum atomic E-state index is 6.06. The van der Waals surface area contributed by atoms with Crippen molar-refractivity contribution in [2.75, 3.05) is 5.73 Å². The van der Waals surface area contributed by atoms with Gasteiger partial charge in [0.15, 0.2) is 5.16 Å². The smallest absolute Gasteiger partial charge is 0.192 e. The maximum absolute atomic E-state index is 6.06. The van der Waals surface area contributed by atoms with Crippen molar-refractivity contribution in [2.45, 2.75) is 37.7 Å². The lowest BCUT2D eigenvalue weighted by Gasteiger charge is -2.09. The van der Waals surface area contributed by atoms with Crippen molar-refractivity contribution >= 4 is 17.4 Å². The van der Waals surface area contributed by atoms with Gasteiger partial charge in [0.1, 0.15) is 0 Å². The van der Waals surface area contributed by atoms with E-state index in [9.17, 15) is 0 Å². The SMILES string of the molecule is Cc1cccc(Sc2nc(C)c(C)c(C)n2)c1N. The molecule has 94 valence electrons. The number of para-hydroxylation sites is 1. The van der Waals surface area contributed by atoms with Crippen LogP contribution < -0.4 is 5.73 Å². The first-order valence-electron chi connectivity index (χ1n) is 5.84. The molecule has 2 aromatic rings. The van der Waals surface area contributed by atoms with Crippen LogP contribution in [0.25, 0.3) is 0 Å². The van der Waals surface area contributed by atoms with Crippen molar-refractivity contribution in [1.29, 1.82) is 0 Å². The van der Waals surface area contributed by atoms with E-state index < -0.39 is 0 Å². The van der Waals surface area contributed by atoms with Crippen LogP contribution in [0.1, 0.15) is 22.5 Å². The number of nitrogens with two attached hydrogens (primary N) is 1. The number of benzene rings is 1. The lowest BCUT2D eigenvalue weighted by molar-refractivity contribution is 0.881. The number of hydrogen-bond donors (Lipinski definition) is 1. The molecule has 18 heavy (non-hydrogen) atoms. The molecule has 0 saturated heterocycles. The zero-order valence-electron chi connectivity index (χ0n) is 11.1. The van der Waals surface area contributed by atoms with Crippen LogP contribution in [0.2, 0.25) is 0 Å². The van der Waals surface area contributed by atoms with Gasteiger partial charge in [-0.15, -0.1) is 0 Å². The molecule has 4 heteroatoms. The third-order valence-corrected chi connectivity index (χ3v) is 4.04. The predicted molar refractivity (Wildman–Crippen MR) is 76.0 cm³/mol. The normalized spacial score (nSPS) is 10.7. The van der Waals surface area contributed by atoms with Gasteiger partial charge in [0.25, 0.3) is 0 Å². The Morgan fingerprint density at radius 1 is 1.00 bits per heavy atom. The van der Waals surface area contributed by atoms with Gasteiger partial charge in [0, 0.05) is 22.0 Å². The second-order valence-electron chi connectivity index (χ2n) is 4.39. The van der Waals surface area contributed by atoms with Crippen LogP contribution in [-0.4, -0.2) is 9.97 Å². The highest BCUT2D eigenvalue weighted by molar-refractivity contribution is 7.99. The van der Waals surface area contributed by atoms with Crippen molar-refractivity contribution < 1.29 is 0 Å². The van der Waals surface area contributed by atoms with Gasteiger partial charge in [-0.1, -0.05) is 12.1 Å². The van der Waals surface area contributed by atoms with E-state index in [-0.39, 0.29) is 0 Å². The van der Waals surface area contributed by atoms with Crippen LogP contribution in [0.4, 0.5) is 5.69 Å². The predicted octanol–water partition coefficient (Wildman–Crippen LogP) is 3.44. The van der Waals surface area contributed by atoms with Gasteiger partial charge in [-0.25, -0.2) is 9.97 Å². The number of anilines is 1. The van der Waals surface area contributed by atoms with Crippen LogP contribution in [0, 0.1) is 27.7 Å². The summed E-state index contributed by atoms with van der Waals surface area (Å²) in [7, 11) is 0. The summed E-state index contributed by atoms with van der Waals surface area (Å²) in [4.78, 5) is 10.0. The van der Waals surface area contributed by atoms with Crippen LogP contribution in [0.3, 0.4) is 0 Å². The van der Waals surface area contributed by atoms with Gasteiger partial charge in [-0.2, -0.15) is 0 Å². The Kier molecular flexibility index (Phi) is 3.57. The van der Waals surface area contributed by atoms with Gasteiger partial charge < -0.3 is 5.73 Å². The summed E-state index contributed by atoms with van der Waals surface area (Å²) in [6, 6.07) is 6.01. The van der Waals surface area contributed by atoms with Crippen LogP contribution in [-0.2, 0) is 0 Å². The van der Waals surface area contributed by atoms with Gasteiger partial charge in [0.2, 0.25) is 0 Å². The van der Waals surface area contributed by atoms with E-state index in [1.54, 1.807) is 0 Å². The fourth-order valence-corrected chi connectivity index (χ4v) is 2.61. The van der Waals surface area contributed by atoms with E-state index in [1.807, 2.05) is 45.9 Å². The molecule has 0 aliphatic heterocycles. The molecule has 0 unspecified atom stereocenters. The average molecular weight is 259 g/mol. The highest BCUT2D eigenvalue weighted by atomic mass is 32.2. The summed E-state index contributed by atoms with van der Waals surface area (Å²) in [5.41, 5.74) is 11.1. The summed E-state index contributed by atoms with van der Waals surface area (Å²) in [5, 5.41) is 0.757. The molecule has 1 heterocycles. The maximum Gasteiger partial charge on any atom is 0.192 e. The zero-order chi connectivity index (χ0) is 13.3. The molecular weight excluding hydrogens is 242 g/mol. The van der Waals surface area contributed by atoms with Crippen molar-refractivity contribution in [1.82, 2.24) is 9.97 Å². The monoisotopic (exact) mass is 259 g/mol. The van der Waals surface area contributed by atoms with E-state index in [4.69, 9.17) is 5.73 Å². The Morgan fingerprint density at radius 3 is 2.22 bits per heavy atom. The number of rotatable bonds is 2. The van der Waals surface area contributed by atoms with E-state index in [0.29, 0.717) is 0 Å². The Balaban J connectivity index is 2.37. The number of aromatic nitrogens is 2. The molecule has 2 N–H and O–H groups in total. The van der Waals surface area contributed by atoms with Crippen molar-refractivity contribution in [3.05, 3.63) is 40.7 Å². The van der Waals surface area contributed by atoms with Crippen molar-refractivity contribution in [3.8, 4) is 0 Å². The van der Waals surface area contributed by atoms with Crippen LogP contribution in [0.5, 0.6) is 0 Å². The van der Waals surface area contributed by atoms with Crippen molar-refractivity contribution in [3.63, 3.8) is 0 Å². The molecule has 1 aromatic heterocycles. The number of aryl methyl sites for hydroxylation is 3. The van der Waals surface area contributed by atoms with Crippen molar-refractivity contribution in [2.24, 2.45) is 0 Å². The number of nitrogen functional groups attached to an aromatic ring is 1. The molecule has 0 bridgehead atoms. The minimum Gasteiger partial charge on any atom is -0.398 e. The summed E-state index contributed by atoms with van der Waals surface area (Å²) < 4.78 is 0. The number of hydrogen-bond acceptors (Lipinski definition) is 4. The Hall–Kier alpha value is -1.55. The minimum atomic E-state index is 0.757. The summed E-state index contributed by atoms with van der Waals surface area (Å²) in [5.74, 6) is 0. The quantitative estimate of drug-likeness (QED) is 0.663. The summed E-state index contributed by atoms with van der Waals surface area (Å²) >= 11 is 1.52. The van der Waals surface area contributed by atoms with E-state index in [1.165, 1.54) is 11.8 Å². The Morgan fingerprint density at radius 2 is 1.61 bits per heavy atom. The van der Waals surface area contributed by atoms with Crippen LogP contribution in [0.15, 0.2) is 28.3 Å². The molecule has 0 radical (unpaired) electrons. The van der Waals surface area contributed by atoms with E-state index in [0.717, 1.165) is 38.3 Å². The highest BCUT2D eigenvalue weighted by Crippen LogP contribution is 2.32. The minimum absolute atomic E-state index is 0.757. The molecule has 1 aromatic carbocycles. The molecule has 0 amide bonds. The lowest BCUT2D eigenvalue weighted by atomic mass is 10.2. The van der Waals surface area contributed by atoms with Gasteiger partial charge in [0.05, 0.1) is 0 Å². The second-order valence-corrected chi connectivity index (χ2v) is 5.40. The van der Waals surface area contributed by atoms with Gasteiger partial charge >= 0.3 is 0 Å². The first kappa shape index (κ1) is 12.9. The first-order valence-corrected chi connectivity index (χ1v) is 6.65. The second kappa shape index (κ2) is 4.98. The van der Waals surface area contributed by atoms with E-state index in [2.05, 4.69) is 9.97 Å². The summed E-state index contributed by atoms with van der Waals surface area (Å²) in [6.45, 7) is 8.06. The molecule has 0 atom stereocenters. The first-order chi connectivity index (χ1) is 8.49. The zero-order valence-corrected chi connectivity index (χ0v) is 11.9. The molecule has 0 saturated carbocycles. The molecule has 3 nitrogen and oxygen atoms in total. The molecular formula is C14H17N3S. The fraction of sp³-hybridized carbons (Fsp3) is 0.286. The number of nitrogens with zero attached hydrogens (tertiary/aromatic N) is 2. The van der Waals surface area contributed by atoms with Crippen LogP contribution >= 0.6 is 11.8 Å². The van der Waals surface area contributed by atoms with Gasteiger partial charge in [-0.3, -0.25) is 0 Å². The van der Waals surface area contributed by atoms with Gasteiger partial charge in [-0.05, 0) is 56.7 Å². The topological polar surface area (TPSA) is 51.8 Å². The average Bonchev–Trinajstić information content (AvgIpc) is 2.32. The largest absolute Gasteiger partial charge is 0.398 e. The lowest BCUT2D eigenvalue weighted by Crippen LogP contribution is -1.99. The molecule has 0 aliphatic carbocycles. The fourth-order valence-electron chi connectivity index (χ4n) is 1.63. The Labute approximate surface area is 112 Å².